The van der Waals surface area contributed by atoms with E-state index < -0.39 is 4.92 Å². The van der Waals surface area contributed by atoms with Gasteiger partial charge in [0.1, 0.15) is 0 Å². The minimum absolute atomic E-state index is 0.0434. The summed E-state index contributed by atoms with van der Waals surface area (Å²) < 4.78 is 1.20. The lowest BCUT2D eigenvalue weighted by atomic mass is 10.2. The Morgan fingerprint density at radius 1 is 1.56 bits per heavy atom. The van der Waals surface area contributed by atoms with E-state index >= 15 is 0 Å². The fourth-order valence-electron chi connectivity index (χ4n) is 1.47. The Hall–Kier alpha value is -2.24. The smallest absolute Gasteiger partial charge is 0.271 e. The number of hydrogen-bond acceptors (Lipinski definition) is 4. The first-order valence-electron chi connectivity index (χ1n) is 4.79. The molecule has 2 rings (SSSR count). The van der Waals surface area contributed by atoms with Crippen LogP contribution < -0.4 is 0 Å². The Labute approximate surface area is 90.6 Å². The third kappa shape index (κ3) is 1.54. The van der Waals surface area contributed by atoms with Gasteiger partial charge in [0.25, 0.3) is 5.69 Å². The predicted molar refractivity (Wildman–Crippen MR) is 57.3 cm³/mol. The van der Waals surface area contributed by atoms with Gasteiger partial charge in [0.2, 0.25) is 5.91 Å². The second-order valence-corrected chi connectivity index (χ2v) is 3.30. The molecule has 0 amide bonds. The van der Waals surface area contributed by atoms with Crippen LogP contribution in [0.2, 0.25) is 0 Å². The van der Waals surface area contributed by atoms with Crippen molar-refractivity contribution < 1.29 is 9.72 Å². The molecule has 0 radical (unpaired) electrons. The fourth-order valence-corrected chi connectivity index (χ4v) is 1.47. The summed E-state index contributed by atoms with van der Waals surface area (Å²) in [4.78, 5) is 21.6. The SMILES string of the molecule is CCC(=O)n1ncc2ccc([N+](=O)[O-])cc21. The van der Waals surface area contributed by atoms with Gasteiger partial charge in [-0.1, -0.05) is 6.92 Å². The normalized spacial score (nSPS) is 10.6. The lowest BCUT2D eigenvalue weighted by Gasteiger charge is -1.98. The minimum atomic E-state index is -0.493. The van der Waals surface area contributed by atoms with Crippen LogP contribution >= 0.6 is 0 Å². The quantitative estimate of drug-likeness (QED) is 0.571. The number of aromatic nitrogens is 2. The molecule has 1 heterocycles. The van der Waals surface area contributed by atoms with E-state index in [2.05, 4.69) is 5.10 Å². The van der Waals surface area contributed by atoms with Gasteiger partial charge in [-0.15, -0.1) is 0 Å². The summed E-state index contributed by atoms with van der Waals surface area (Å²) in [5.74, 6) is -0.185. The summed E-state index contributed by atoms with van der Waals surface area (Å²) in [5.41, 5.74) is 0.430. The molecule has 0 saturated heterocycles. The van der Waals surface area contributed by atoms with E-state index in [-0.39, 0.29) is 11.6 Å². The molecule has 1 aromatic carbocycles. The molecule has 82 valence electrons. The lowest BCUT2D eigenvalue weighted by molar-refractivity contribution is -0.384. The van der Waals surface area contributed by atoms with Crippen molar-refractivity contribution in [2.75, 3.05) is 0 Å². The minimum Gasteiger partial charge on any atom is -0.273 e. The molecule has 6 nitrogen and oxygen atoms in total. The Kier molecular flexibility index (Phi) is 2.40. The summed E-state index contributed by atoms with van der Waals surface area (Å²) >= 11 is 0. The van der Waals surface area contributed by atoms with Crippen molar-refractivity contribution in [2.45, 2.75) is 13.3 Å². The number of nitrogens with zero attached hydrogens (tertiary/aromatic N) is 3. The second kappa shape index (κ2) is 3.73. The number of carbonyl (C=O) groups is 1. The van der Waals surface area contributed by atoms with E-state index in [9.17, 15) is 14.9 Å². The third-order valence-electron chi connectivity index (χ3n) is 2.30. The van der Waals surface area contributed by atoms with Crippen LogP contribution in [0.4, 0.5) is 5.69 Å². The zero-order chi connectivity index (χ0) is 11.7. The third-order valence-corrected chi connectivity index (χ3v) is 2.30. The zero-order valence-electron chi connectivity index (χ0n) is 8.58. The first kappa shape index (κ1) is 10.3. The van der Waals surface area contributed by atoms with Crippen LogP contribution in [0.1, 0.15) is 18.1 Å². The molecule has 0 fully saturated rings. The molecular weight excluding hydrogens is 210 g/mol. The molecule has 0 aliphatic carbocycles. The van der Waals surface area contributed by atoms with Crippen molar-refractivity contribution in [3.63, 3.8) is 0 Å². The molecular formula is C10H9N3O3. The van der Waals surface area contributed by atoms with Crippen molar-refractivity contribution in [2.24, 2.45) is 0 Å². The molecule has 1 aromatic heterocycles. The predicted octanol–water partition coefficient (Wildman–Crippen LogP) is 1.99. The standard InChI is InChI=1S/C10H9N3O3/c1-2-10(14)12-9-5-8(13(15)16)4-3-7(9)6-11-12/h3-6H,2H2,1H3. The second-order valence-electron chi connectivity index (χ2n) is 3.30. The van der Waals surface area contributed by atoms with Crippen LogP contribution in [-0.4, -0.2) is 20.6 Å². The Bertz CT molecular complexity index is 574. The van der Waals surface area contributed by atoms with Crippen molar-refractivity contribution in [1.29, 1.82) is 0 Å². The molecule has 0 bridgehead atoms. The molecule has 0 aliphatic heterocycles. The maximum Gasteiger partial charge on any atom is 0.271 e. The molecule has 0 spiro atoms. The number of non-ortho nitro benzene ring substituents is 1. The van der Waals surface area contributed by atoms with E-state index in [0.29, 0.717) is 17.3 Å². The van der Waals surface area contributed by atoms with E-state index in [1.807, 2.05) is 0 Å². The highest BCUT2D eigenvalue weighted by Gasteiger charge is 2.12. The van der Waals surface area contributed by atoms with Crippen LogP contribution in [-0.2, 0) is 0 Å². The number of benzene rings is 1. The monoisotopic (exact) mass is 219 g/mol. The van der Waals surface area contributed by atoms with Crippen molar-refractivity contribution in [1.82, 2.24) is 9.78 Å². The average Bonchev–Trinajstić information content (AvgIpc) is 2.70. The van der Waals surface area contributed by atoms with Crippen molar-refractivity contribution in [3.05, 3.63) is 34.5 Å². The van der Waals surface area contributed by atoms with Gasteiger partial charge in [-0.2, -0.15) is 9.78 Å². The number of nitro benzene ring substituents is 1. The van der Waals surface area contributed by atoms with Gasteiger partial charge in [-0.25, -0.2) is 0 Å². The summed E-state index contributed by atoms with van der Waals surface area (Å²) in [5, 5.41) is 15.2. The average molecular weight is 219 g/mol. The first-order valence-corrected chi connectivity index (χ1v) is 4.79. The highest BCUT2D eigenvalue weighted by Crippen LogP contribution is 2.20. The molecule has 0 unspecified atom stereocenters. The van der Waals surface area contributed by atoms with E-state index in [1.54, 1.807) is 13.0 Å². The largest absolute Gasteiger partial charge is 0.273 e. The van der Waals surface area contributed by atoms with Gasteiger partial charge in [0, 0.05) is 23.9 Å². The molecule has 2 aromatic rings. The fraction of sp³-hybridized carbons (Fsp3) is 0.200. The van der Waals surface area contributed by atoms with Gasteiger partial charge in [-0.05, 0) is 6.07 Å². The summed E-state index contributed by atoms with van der Waals surface area (Å²) in [6, 6.07) is 4.33. The highest BCUT2D eigenvalue weighted by atomic mass is 16.6. The Morgan fingerprint density at radius 3 is 2.94 bits per heavy atom. The van der Waals surface area contributed by atoms with Gasteiger partial charge in [-0.3, -0.25) is 14.9 Å². The maximum atomic E-state index is 11.5. The molecule has 0 N–H and O–H groups in total. The summed E-state index contributed by atoms with van der Waals surface area (Å²) in [7, 11) is 0. The summed E-state index contributed by atoms with van der Waals surface area (Å²) in [6.45, 7) is 1.72. The molecule has 6 heteroatoms. The summed E-state index contributed by atoms with van der Waals surface area (Å²) in [6.07, 6.45) is 1.83. The highest BCUT2D eigenvalue weighted by molar-refractivity contribution is 5.91. The molecule has 0 saturated carbocycles. The van der Waals surface area contributed by atoms with Crippen LogP contribution in [0.25, 0.3) is 10.9 Å². The van der Waals surface area contributed by atoms with Gasteiger partial charge in [0.05, 0.1) is 16.6 Å². The van der Waals surface area contributed by atoms with Crippen LogP contribution in [0.15, 0.2) is 24.4 Å². The zero-order valence-corrected chi connectivity index (χ0v) is 8.58. The van der Waals surface area contributed by atoms with E-state index in [0.717, 1.165) is 0 Å². The first-order chi connectivity index (χ1) is 7.63. The molecule has 16 heavy (non-hydrogen) atoms. The number of rotatable bonds is 2. The van der Waals surface area contributed by atoms with Crippen LogP contribution in [0, 0.1) is 10.1 Å². The molecule has 0 aliphatic rings. The number of carbonyl (C=O) groups excluding carboxylic acids is 1. The van der Waals surface area contributed by atoms with Gasteiger partial charge in [0.15, 0.2) is 0 Å². The number of fused-ring (bicyclic) bond motifs is 1. The van der Waals surface area contributed by atoms with Crippen LogP contribution in [0.3, 0.4) is 0 Å². The van der Waals surface area contributed by atoms with Crippen LogP contribution in [0.5, 0.6) is 0 Å². The van der Waals surface area contributed by atoms with Gasteiger partial charge < -0.3 is 0 Å². The topological polar surface area (TPSA) is 78.0 Å². The van der Waals surface area contributed by atoms with Crippen molar-refractivity contribution >= 4 is 22.5 Å². The van der Waals surface area contributed by atoms with E-state index in [4.69, 9.17) is 0 Å². The number of nitro groups is 1. The van der Waals surface area contributed by atoms with Gasteiger partial charge >= 0.3 is 0 Å². The van der Waals surface area contributed by atoms with Crippen molar-refractivity contribution in [3.8, 4) is 0 Å². The maximum absolute atomic E-state index is 11.5. The Balaban J connectivity index is 2.64. The number of hydrogen-bond donors (Lipinski definition) is 0. The molecule has 0 atom stereocenters. The Morgan fingerprint density at radius 2 is 2.31 bits per heavy atom. The lowest BCUT2D eigenvalue weighted by Crippen LogP contribution is -2.10. The van der Waals surface area contributed by atoms with E-state index in [1.165, 1.54) is 23.0 Å².